The van der Waals surface area contributed by atoms with Gasteiger partial charge in [-0.15, -0.1) is 0 Å². The smallest absolute Gasteiger partial charge is 0.347 e. The Hall–Kier alpha value is -0.320. The Bertz CT molecular complexity index is 158. The highest BCUT2D eigenvalue weighted by Crippen LogP contribution is 2.08. The van der Waals surface area contributed by atoms with E-state index in [1.165, 1.54) is 0 Å². The normalized spacial score (nSPS) is 13.3. The molecule has 9 N–H and O–H groups in total. The zero-order chi connectivity index (χ0) is 11.2. The number of rotatable bonds is 7. The van der Waals surface area contributed by atoms with E-state index in [1.807, 2.05) is 5.32 Å². The molecule has 8 nitrogen and oxygen atoms in total. The maximum atomic E-state index is 8.85. The van der Waals surface area contributed by atoms with Crippen LogP contribution >= 0.6 is 0 Å². The molecule has 0 bridgehead atoms. The summed E-state index contributed by atoms with van der Waals surface area (Å²) >= 11 is 0. The van der Waals surface area contributed by atoms with E-state index >= 15 is 0 Å². The van der Waals surface area contributed by atoms with Crippen molar-refractivity contribution in [2.75, 3.05) is 26.2 Å². The van der Waals surface area contributed by atoms with Crippen molar-refractivity contribution in [3.63, 3.8) is 0 Å². The zero-order valence-electron chi connectivity index (χ0n) is 7.64. The second-order valence-electron chi connectivity index (χ2n) is 2.77. The molecule has 86 valence electrons. The Labute approximate surface area is 81.0 Å². The number of hydrogen-bond donors (Lipinski definition) is 8. The predicted molar refractivity (Wildman–Crippen MR) is 46.5 cm³/mol. The third-order valence-electron chi connectivity index (χ3n) is 1.46. The van der Waals surface area contributed by atoms with Crippen LogP contribution in [0.3, 0.4) is 0 Å². The second kappa shape index (κ2) is 5.53. The third kappa shape index (κ3) is 4.79. The molecule has 0 amide bonds. The van der Waals surface area contributed by atoms with Crippen LogP contribution < -0.4 is 16.4 Å². The highest BCUT2D eigenvalue weighted by Gasteiger charge is 2.46. The van der Waals surface area contributed by atoms with Gasteiger partial charge in [0.25, 0.3) is 0 Å². The van der Waals surface area contributed by atoms with E-state index in [1.54, 1.807) is 0 Å². The summed E-state index contributed by atoms with van der Waals surface area (Å²) in [6.45, 7) is 1.33. The van der Waals surface area contributed by atoms with Crippen LogP contribution in [-0.4, -0.2) is 63.6 Å². The maximum absolute atomic E-state index is 8.85. The summed E-state index contributed by atoms with van der Waals surface area (Å²) in [5.74, 6) is -6.78. The van der Waals surface area contributed by atoms with E-state index in [0.717, 1.165) is 0 Å². The lowest BCUT2D eigenvalue weighted by Gasteiger charge is -2.30. The monoisotopic (exact) mass is 211 g/mol. The van der Waals surface area contributed by atoms with E-state index in [-0.39, 0.29) is 6.54 Å². The average Bonchev–Trinajstić information content (AvgIpc) is 2.02. The van der Waals surface area contributed by atoms with Gasteiger partial charge in [0.2, 0.25) is 0 Å². The minimum absolute atomic E-state index is 0.0103. The number of nitrogens with two attached hydrogens (primary N) is 1. The molecule has 0 radical (unpaired) electrons. The molecular weight excluding hydrogens is 194 g/mol. The van der Waals surface area contributed by atoms with E-state index in [2.05, 4.69) is 5.32 Å². The van der Waals surface area contributed by atoms with Crippen LogP contribution in [0.5, 0.6) is 0 Å². The summed E-state index contributed by atoms with van der Waals surface area (Å²) in [6, 6.07) is 0. The molecule has 0 fully saturated rings. The summed E-state index contributed by atoms with van der Waals surface area (Å²) in [7, 11) is 0. The van der Waals surface area contributed by atoms with Gasteiger partial charge >= 0.3 is 11.9 Å². The molecule has 8 heteroatoms. The van der Waals surface area contributed by atoms with Crippen LogP contribution in [0.2, 0.25) is 0 Å². The van der Waals surface area contributed by atoms with E-state index < -0.39 is 11.9 Å². The Kier molecular flexibility index (Phi) is 5.41. The lowest BCUT2D eigenvalue weighted by Crippen LogP contribution is -2.64. The molecule has 0 saturated heterocycles. The molecular formula is C6H17N3O5. The number of aliphatic hydroxyl groups is 5. The Morgan fingerprint density at radius 2 is 1.50 bits per heavy atom. The molecule has 0 aliphatic rings. The van der Waals surface area contributed by atoms with Crippen molar-refractivity contribution in [3.8, 4) is 0 Å². The fourth-order valence-corrected chi connectivity index (χ4v) is 0.671. The van der Waals surface area contributed by atoms with Crippen LogP contribution in [0.25, 0.3) is 0 Å². The first kappa shape index (κ1) is 13.7. The molecule has 0 aromatic heterocycles. The molecule has 0 heterocycles. The average molecular weight is 211 g/mol. The van der Waals surface area contributed by atoms with Gasteiger partial charge in [0.1, 0.15) is 0 Å². The molecule has 0 atom stereocenters. The molecule has 0 spiro atoms. The zero-order valence-corrected chi connectivity index (χ0v) is 7.64. The Morgan fingerprint density at radius 1 is 0.929 bits per heavy atom. The highest BCUT2D eigenvalue weighted by molar-refractivity contribution is 4.69. The van der Waals surface area contributed by atoms with Crippen molar-refractivity contribution in [1.29, 1.82) is 0 Å². The summed E-state index contributed by atoms with van der Waals surface area (Å²) in [5.41, 5.74) is 5.16. The van der Waals surface area contributed by atoms with Crippen molar-refractivity contribution in [3.05, 3.63) is 0 Å². The van der Waals surface area contributed by atoms with E-state index in [0.29, 0.717) is 19.6 Å². The van der Waals surface area contributed by atoms with Gasteiger partial charge in [-0.25, -0.2) is 0 Å². The van der Waals surface area contributed by atoms with Crippen LogP contribution in [0.1, 0.15) is 0 Å². The largest absolute Gasteiger partial charge is 0.348 e. The molecule has 0 unspecified atom stereocenters. The molecule has 0 aliphatic carbocycles. The fraction of sp³-hybridized carbons (Fsp3) is 1.00. The summed E-state index contributed by atoms with van der Waals surface area (Å²) < 4.78 is 0. The minimum atomic E-state index is -3.61. The van der Waals surface area contributed by atoms with Gasteiger partial charge < -0.3 is 36.6 Å². The Balaban J connectivity index is 3.67. The lowest BCUT2D eigenvalue weighted by atomic mass is 10.4. The van der Waals surface area contributed by atoms with E-state index in [9.17, 15) is 0 Å². The predicted octanol–water partition coefficient (Wildman–Crippen LogP) is -4.61. The second-order valence-corrected chi connectivity index (χ2v) is 2.77. The topological polar surface area (TPSA) is 151 Å². The van der Waals surface area contributed by atoms with Gasteiger partial charge in [-0.1, -0.05) is 0 Å². The lowest BCUT2D eigenvalue weighted by molar-refractivity contribution is -0.455. The highest BCUT2D eigenvalue weighted by atomic mass is 16.7. The number of hydrogen-bond acceptors (Lipinski definition) is 8. The van der Waals surface area contributed by atoms with Crippen LogP contribution in [0, 0.1) is 0 Å². The van der Waals surface area contributed by atoms with Gasteiger partial charge in [0, 0.05) is 26.2 Å². The maximum Gasteiger partial charge on any atom is 0.348 e. The van der Waals surface area contributed by atoms with Gasteiger partial charge in [0.05, 0.1) is 0 Å². The molecule has 14 heavy (non-hydrogen) atoms. The fourth-order valence-electron chi connectivity index (χ4n) is 0.671. The van der Waals surface area contributed by atoms with Gasteiger partial charge in [0.15, 0.2) is 0 Å². The molecule has 0 aromatic carbocycles. The SMILES string of the molecule is NCCNCCNC(O)(O)C(O)(O)O. The summed E-state index contributed by atoms with van der Waals surface area (Å²) in [4.78, 5) is 0. The summed E-state index contributed by atoms with van der Waals surface area (Å²) in [5, 5.41) is 47.8. The quantitative estimate of drug-likeness (QED) is 0.155. The van der Waals surface area contributed by atoms with Gasteiger partial charge in [-0.05, 0) is 0 Å². The van der Waals surface area contributed by atoms with Crippen molar-refractivity contribution in [2.45, 2.75) is 11.9 Å². The first-order valence-corrected chi connectivity index (χ1v) is 4.09. The minimum Gasteiger partial charge on any atom is -0.347 e. The van der Waals surface area contributed by atoms with Crippen LogP contribution in [0.4, 0.5) is 0 Å². The summed E-state index contributed by atoms with van der Waals surface area (Å²) in [6.07, 6.45) is 0. The molecule has 0 rings (SSSR count). The van der Waals surface area contributed by atoms with Crippen molar-refractivity contribution in [1.82, 2.24) is 10.6 Å². The van der Waals surface area contributed by atoms with Crippen LogP contribution in [-0.2, 0) is 0 Å². The van der Waals surface area contributed by atoms with Crippen molar-refractivity contribution >= 4 is 0 Å². The molecule has 0 aliphatic heterocycles. The van der Waals surface area contributed by atoms with Crippen molar-refractivity contribution < 1.29 is 25.5 Å². The standard InChI is InChI=1S/C6H17N3O5/c7-1-2-8-3-4-9-5(10,11)6(12,13)14/h8-14H,1-4,7H2. The van der Waals surface area contributed by atoms with Crippen molar-refractivity contribution in [2.24, 2.45) is 5.73 Å². The molecule has 0 aromatic rings. The molecule has 0 saturated carbocycles. The Morgan fingerprint density at radius 3 is 1.93 bits per heavy atom. The first-order chi connectivity index (χ1) is 6.31. The first-order valence-electron chi connectivity index (χ1n) is 4.09. The van der Waals surface area contributed by atoms with Gasteiger partial charge in [-0.3, -0.25) is 5.32 Å². The third-order valence-corrected chi connectivity index (χ3v) is 1.46. The number of nitrogens with one attached hydrogen (secondary N) is 2. The van der Waals surface area contributed by atoms with Crippen LogP contribution in [0.15, 0.2) is 0 Å². The van der Waals surface area contributed by atoms with E-state index in [4.69, 9.17) is 31.3 Å². The van der Waals surface area contributed by atoms with Gasteiger partial charge in [-0.2, -0.15) is 0 Å².